The van der Waals surface area contributed by atoms with E-state index in [9.17, 15) is 9.18 Å². The Labute approximate surface area is 167 Å². The maximum Gasteiger partial charge on any atom is 0.323 e. The Morgan fingerprint density at radius 1 is 1.21 bits per heavy atom. The van der Waals surface area contributed by atoms with Crippen molar-refractivity contribution < 1.29 is 9.18 Å². The van der Waals surface area contributed by atoms with Crippen molar-refractivity contribution in [3.8, 4) is 0 Å². The second-order valence-electron chi connectivity index (χ2n) is 6.82. The van der Waals surface area contributed by atoms with Gasteiger partial charge in [0.1, 0.15) is 5.82 Å². The van der Waals surface area contributed by atoms with E-state index in [1.807, 2.05) is 49.4 Å². The molecule has 0 atom stereocenters. The van der Waals surface area contributed by atoms with Crippen LogP contribution in [0.1, 0.15) is 17.5 Å². The van der Waals surface area contributed by atoms with Gasteiger partial charge in [-0.3, -0.25) is 5.10 Å². The number of H-pyrrole nitrogens is 1. The summed E-state index contributed by atoms with van der Waals surface area (Å²) in [6.45, 7) is 1.83. The molecule has 0 spiro atoms. The molecular weight excluding hydrogens is 369 g/mol. The topological polar surface area (TPSA) is 95.8 Å². The number of amides is 2. The molecule has 0 radical (unpaired) electrons. The summed E-state index contributed by atoms with van der Waals surface area (Å²) >= 11 is 0. The number of anilines is 2. The molecule has 2 aromatic carbocycles. The number of nitrogens with two attached hydrogens (primary N) is 1. The van der Waals surface area contributed by atoms with Gasteiger partial charge in [0, 0.05) is 12.1 Å². The van der Waals surface area contributed by atoms with E-state index in [2.05, 4.69) is 20.8 Å². The van der Waals surface area contributed by atoms with Crippen LogP contribution in [0.25, 0.3) is 16.5 Å². The number of aromatic nitrogens is 2. The monoisotopic (exact) mass is 389 g/mol. The first-order chi connectivity index (χ1) is 14.0. The zero-order valence-corrected chi connectivity index (χ0v) is 15.8. The highest BCUT2D eigenvalue weighted by Gasteiger charge is 2.12. The summed E-state index contributed by atoms with van der Waals surface area (Å²) in [5, 5.41) is 13.2. The van der Waals surface area contributed by atoms with Crippen LogP contribution in [-0.2, 0) is 0 Å². The molecule has 0 fully saturated rings. The fourth-order valence-electron chi connectivity index (χ4n) is 3.27. The van der Waals surface area contributed by atoms with Crippen molar-refractivity contribution in [2.24, 2.45) is 0 Å². The number of rotatable bonds is 3. The summed E-state index contributed by atoms with van der Waals surface area (Å²) < 4.78 is 13.9. The average molecular weight is 389 g/mol. The highest BCUT2D eigenvalue weighted by atomic mass is 19.1. The molecule has 7 heteroatoms. The fourth-order valence-corrected chi connectivity index (χ4v) is 3.27. The Bertz CT molecular complexity index is 1190. The van der Waals surface area contributed by atoms with E-state index >= 15 is 0 Å². The van der Waals surface area contributed by atoms with Gasteiger partial charge in [-0.25, -0.2) is 9.18 Å². The number of hydrogen-bond acceptors (Lipinski definition) is 3. The van der Waals surface area contributed by atoms with Crippen LogP contribution in [0.4, 0.5) is 20.7 Å². The molecule has 1 aliphatic rings. The molecule has 29 heavy (non-hydrogen) atoms. The van der Waals surface area contributed by atoms with Crippen LogP contribution in [0.5, 0.6) is 0 Å². The Morgan fingerprint density at radius 2 is 2.07 bits per heavy atom. The highest BCUT2D eigenvalue weighted by Crippen LogP contribution is 2.30. The van der Waals surface area contributed by atoms with Crippen LogP contribution < -0.4 is 16.4 Å². The number of nitrogen functional groups attached to an aromatic ring is 1. The zero-order valence-electron chi connectivity index (χ0n) is 15.8. The smallest absolute Gasteiger partial charge is 0.323 e. The Kier molecular flexibility index (Phi) is 4.87. The molecular formula is C22H20FN5O. The van der Waals surface area contributed by atoms with Crippen molar-refractivity contribution in [3.63, 3.8) is 0 Å². The molecule has 1 aromatic heterocycles. The third-order valence-corrected chi connectivity index (χ3v) is 4.67. The number of fused-ring (bicyclic) bond motifs is 1. The molecule has 0 aliphatic heterocycles. The minimum absolute atomic E-state index is 0.144. The maximum absolute atomic E-state index is 13.9. The molecule has 4 rings (SSSR count). The molecule has 0 unspecified atom stereocenters. The van der Waals surface area contributed by atoms with Crippen molar-refractivity contribution >= 4 is 34.0 Å². The standard InChI is InChI=1S/C22H20FN5O/c1-13-8-11-17(23)19(12-13)26-22(29)25-15-5-2-4-14(9-10-15)16-6-3-7-18-20(16)21(24)28-27-18/h2-4,6-12H,5H2,1H3,(H3,24,27,28)(H2,25,26,29). The Hall–Kier alpha value is -3.87. The number of carbonyl (C=O) groups excluding carboxylic acids is 1. The maximum atomic E-state index is 13.9. The van der Waals surface area contributed by atoms with Crippen molar-refractivity contribution in [1.29, 1.82) is 0 Å². The molecule has 0 saturated carbocycles. The van der Waals surface area contributed by atoms with Gasteiger partial charge in [0.15, 0.2) is 5.82 Å². The summed E-state index contributed by atoms with van der Waals surface area (Å²) in [7, 11) is 0. The number of urea groups is 1. The van der Waals surface area contributed by atoms with Crippen LogP contribution in [0, 0.1) is 12.7 Å². The van der Waals surface area contributed by atoms with Gasteiger partial charge in [0.05, 0.1) is 16.6 Å². The van der Waals surface area contributed by atoms with E-state index in [0.717, 1.165) is 27.6 Å². The lowest BCUT2D eigenvalue weighted by Crippen LogP contribution is -2.28. The van der Waals surface area contributed by atoms with Gasteiger partial charge < -0.3 is 16.4 Å². The first-order valence-corrected chi connectivity index (χ1v) is 9.16. The van der Waals surface area contributed by atoms with E-state index in [4.69, 9.17) is 5.73 Å². The van der Waals surface area contributed by atoms with Gasteiger partial charge in [-0.05, 0) is 47.9 Å². The SMILES string of the molecule is Cc1ccc(F)c(NC(=O)NC2=CC=C(c3cccc4[nH]nc(N)c34)C=CC2)c1. The van der Waals surface area contributed by atoms with Crippen molar-refractivity contribution in [2.75, 3.05) is 11.1 Å². The van der Waals surface area contributed by atoms with Crippen LogP contribution in [-0.4, -0.2) is 16.2 Å². The third-order valence-electron chi connectivity index (χ3n) is 4.67. The molecule has 1 aliphatic carbocycles. The number of nitrogens with zero attached hydrogens (tertiary/aromatic N) is 1. The van der Waals surface area contributed by atoms with E-state index in [1.54, 1.807) is 12.1 Å². The van der Waals surface area contributed by atoms with Crippen molar-refractivity contribution in [1.82, 2.24) is 15.5 Å². The number of aromatic amines is 1. The molecule has 5 N–H and O–H groups in total. The number of hydrogen-bond donors (Lipinski definition) is 4. The molecule has 146 valence electrons. The average Bonchev–Trinajstić information content (AvgIpc) is 2.93. The van der Waals surface area contributed by atoms with Crippen molar-refractivity contribution in [3.05, 3.63) is 83.3 Å². The van der Waals surface area contributed by atoms with Gasteiger partial charge in [-0.1, -0.05) is 36.4 Å². The number of benzene rings is 2. The second kappa shape index (κ2) is 7.63. The van der Waals surface area contributed by atoms with Gasteiger partial charge >= 0.3 is 6.03 Å². The normalized spacial score (nSPS) is 13.6. The number of carbonyl (C=O) groups is 1. The van der Waals surface area contributed by atoms with Gasteiger partial charge in [0.2, 0.25) is 0 Å². The molecule has 0 saturated heterocycles. The zero-order chi connectivity index (χ0) is 20.4. The first kappa shape index (κ1) is 18.5. The lowest BCUT2D eigenvalue weighted by molar-refractivity contribution is 0.254. The van der Waals surface area contributed by atoms with Crippen LogP contribution >= 0.6 is 0 Å². The Balaban J connectivity index is 1.54. The lowest BCUT2D eigenvalue weighted by Gasteiger charge is -2.10. The van der Waals surface area contributed by atoms with Crippen LogP contribution in [0.15, 0.2) is 66.4 Å². The van der Waals surface area contributed by atoms with Crippen molar-refractivity contribution in [2.45, 2.75) is 13.3 Å². The quantitative estimate of drug-likeness (QED) is 0.525. The molecule has 2 amide bonds. The van der Waals surface area contributed by atoms with E-state index in [0.29, 0.717) is 17.9 Å². The lowest BCUT2D eigenvalue weighted by atomic mass is 10.0. The van der Waals surface area contributed by atoms with E-state index in [1.165, 1.54) is 6.07 Å². The summed E-state index contributed by atoms with van der Waals surface area (Å²) in [6, 6.07) is 9.90. The minimum Gasteiger partial charge on any atom is -0.382 e. The summed E-state index contributed by atoms with van der Waals surface area (Å²) in [6.07, 6.45) is 8.20. The van der Waals surface area contributed by atoms with Gasteiger partial charge in [-0.15, -0.1) is 0 Å². The van der Waals surface area contributed by atoms with E-state index in [-0.39, 0.29) is 5.69 Å². The predicted octanol–water partition coefficient (Wildman–Crippen LogP) is 4.64. The summed E-state index contributed by atoms with van der Waals surface area (Å²) in [5.41, 5.74) is 10.5. The molecule has 3 aromatic rings. The number of halogens is 1. The van der Waals surface area contributed by atoms with Crippen LogP contribution in [0.2, 0.25) is 0 Å². The van der Waals surface area contributed by atoms with Gasteiger partial charge in [-0.2, -0.15) is 5.10 Å². The summed E-state index contributed by atoms with van der Waals surface area (Å²) in [5.74, 6) is -0.0375. The molecule has 0 bridgehead atoms. The third kappa shape index (κ3) is 3.89. The minimum atomic E-state index is -0.493. The second-order valence-corrected chi connectivity index (χ2v) is 6.82. The molecule has 1 heterocycles. The Morgan fingerprint density at radius 3 is 2.93 bits per heavy atom. The van der Waals surface area contributed by atoms with E-state index < -0.39 is 11.8 Å². The number of aryl methyl sites for hydroxylation is 1. The predicted molar refractivity (Wildman–Crippen MR) is 114 cm³/mol. The highest BCUT2D eigenvalue weighted by molar-refractivity contribution is 6.00. The molecule has 6 nitrogen and oxygen atoms in total. The van der Waals surface area contributed by atoms with Crippen LogP contribution in [0.3, 0.4) is 0 Å². The van der Waals surface area contributed by atoms with Gasteiger partial charge in [0.25, 0.3) is 0 Å². The number of nitrogens with one attached hydrogen (secondary N) is 3. The fraction of sp³-hybridized carbons (Fsp3) is 0.0909. The first-order valence-electron chi connectivity index (χ1n) is 9.16. The largest absolute Gasteiger partial charge is 0.382 e. The summed E-state index contributed by atoms with van der Waals surface area (Å²) in [4.78, 5) is 12.3. The number of allylic oxidation sites excluding steroid dienone is 5.